The summed E-state index contributed by atoms with van der Waals surface area (Å²) in [5.41, 5.74) is 9.75. The first-order chi connectivity index (χ1) is 16.9. The van der Waals surface area contributed by atoms with E-state index in [-0.39, 0.29) is 0 Å². The predicted molar refractivity (Wildman–Crippen MR) is 144 cm³/mol. The molecule has 2 heteroatoms. The van der Waals surface area contributed by atoms with Gasteiger partial charge in [-0.25, -0.2) is 0 Å². The Morgan fingerprint density at radius 1 is 0.471 bits per heavy atom. The van der Waals surface area contributed by atoms with Gasteiger partial charge in [-0.2, -0.15) is 0 Å². The smallest absolute Gasteiger partial charge is 0.0547 e. The summed E-state index contributed by atoms with van der Waals surface area (Å²) in [6, 6.07) is 43.4. The molecule has 5 aromatic carbocycles. The number of para-hydroxylation sites is 3. The van der Waals surface area contributed by atoms with Crippen LogP contribution in [-0.4, -0.2) is 9.55 Å². The number of rotatable bonds is 3. The zero-order valence-electron chi connectivity index (χ0n) is 18.6. The summed E-state index contributed by atoms with van der Waals surface area (Å²) in [5.74, 6) is 0. The van der Waals surface area contributed by atoms with Gasteiger partial charge in [0.05, 0.1) is 11.0 Å². The van der Waals surface area contributed by atoms with E-state index in [1.165, 1.54) is 60.6 Å². The van der Waals surface area contributed by atoms with Crippen LogP contribution in [0.1, 0.15) is 0 Å². The number of nitrogens with zero attached hydrogens (tertiary/aromatic N) is 1. The lowest BCUT2D eigenvalue weighted by molar-refractivity contribution is 1.18. The number of aromatic amines is 1. The molecule has 0 radical (unpaired) electrons. The number of H-pyrrole nitrogens is 1. The first-order valence-electron chi connectivity index (χ1n) is 11.6. The molecule has 0 saturated heterocycles. The van der Waals surface area contributed by atoms with Gasteiger partial charge in [0, 0.05) is 39.1 Å². The fourth-order valence-corrected chi connectivity index (χ4v) is 5.25. The second kappa shape index (κ2) is 7.50. The van der Waals surface area contributed by atoms with Crippen LogP contribution in [-0.2, 0) is 0 Å². The molecule has 7 aromatic rings. The number of benzene rings is 5. The molecule has 0 fully saturated rings. The molecular formula is C32H22N2. The predicted octanol–water partition coefficient (Wildman–Crippen LogP) is 8.60. The zero-order chi connectivity index (χ0) is 22.5. The molecule has 160 valence electrons. The van der Waals surface area contributed by atoms with Gasteiger partial charge in [0.1, 0.15) is 0 Å². The lowest BCUT2D eigenvalue weighted by atomic mass is 9.97. The van der Waals surface area contributed by atoms with Crippen LogP contribution in [0, 0.1) is 0 Å². The van der Waals surface area contributed by atoms with E-state index in [1.54, 1.807) is 0 Å². The van der Waals surface area contributed by atoms with E-state index in [2.05, 4.69) is 137 Å². The van der Waals surface area contributed by atoms with Crippen LogP contribution in [0.2, 0.25) is 0 Å². The van der Waals surface area contributed by atoms with E-state index in [0.717, 1.165) is 0 Å². The summed E-state index contributed by atoms with van der Waals surface area (Å²) < 4.78 is 2.37. The van der Waals surface area contributed by atoms with Gasteiger partial charge in [-0.05, 0) is 47.0 Å². The van der Waals surface area contributed by atoms with Gasteiger partial charge in [-0.1, -0.05) is 91.0 Å². The molecule has 34 heavy (non-hydrogen) atoms. The number of hydrogen-bond donors (Lipinski definition) is 1. The molecule has 0 aliphatic carbocycles. The lowest BCUT2D eigenvalue weighted by Crippen LogP contribution is -1.92. The summed E-state index contributed by atoms with van der Waals surface area (Å²) >= 11 is 0. The van der Waals surface area contributed by atoms with Crippen molar-refractivity contribution in [3.05, 3.63) is 128 Å². The fraction of sp³-hybridized carbons (Fsp3) is 0. The Kier molecular flexibility index (Phi) is 4.18. The Balaban J connectivity index is 1.43. The standard InChI is InChI=1S/C32H22N2/c1-2-9-24(10-3-1)34-30-15-7-5-12-27(30)32-25(13-8-16-31(32)34)22-17-19-23(20-18-22)28-21-33-29-14-6-4-11-26(28)29/h1-21,33H. The minimum absolute atomic E-state index is 1.17. The molecule has 0 amide bonds. The first kappa shape index (κ1) is 19.0. The Hall–Kier alpha value is -4.56. The minimum atomic E-state index is 1.17. The Labute approximate surface area is 197 Å². The van der Waals surface area contributed by atoms with E-state index in [0.29, 0.717) is 0 Å². The zero-order valence-corrected chi connectivity index (χ0v) is 18.6. The molecule has 0 aliphatic rings. The van der Waals surface area contributed by atoms with Gasteiger partial charge in [0.15, 0.2) is 0 Å². The Morgan fingerprint density at radius 2 is 1.12 bits per heavy atom. The second-order valence-corrected chi connectivity index (χ2v) is 8.71. The van der Waals surface area contributed by atoms with Crippen LogP contribution in [0.15, 0.2) is 128 Å². The van der Waals surface area contributed by atoms with Crippen LogP contribution in [0.5, 0.6) is 0 Å². The maximum absolute atomic E-state index is 3.39. The third kappa shape index (κ3) is 2.82. The summed E-state index contributed by atoms with van der Waals surface area (Å²) in [7, 11) is 0. The Morgan fingerprint density at radius 3 is 1.94 bits per heavy atom. The summed E-state index contributed by atoms with van der Waals surface area (Å²) in [4.78, 5) is 3.39. The summed E-state index contributed by atoms with van der Waals surface area (Å²) in [5, 5.41) is 3.82. The molecule has 2 heterocycles. The van der Waals surface area contributed by atoms with E-state index in [1.807, 2.05) is 0 Å². The van der Waals surface area contributed by atoms with Gasteiger partial charge in [-0.15, -0.1) is 0 Å². The molecule has 7 rings (SSSR count). The average Bonchev–Trinajstić information content (AvgIpc) is 3.49. The maximum Gasteiger partial charge on any atom is 0.0547 e. The molecule has 1 N–H and O–H groups in total. The molecule has 2 aromatic heterocycles. The highest BCUT2D eigenvalue weighted by Gasteiger charge is 2.16. The summed E-state index contributed by atoms with van der Waals surface area (Å²) in [6.45, 7) is 0. The van der Waals surface area contributed by atoms with E-state index < -0.39 is 0 Å². The van der Waals surface area contributed by atoms with Crippen LogP contribution in [0.3, 0.4) is 0 Å². The molecule has 0 atom stereocenters. The van der Waals surface area contributed by atoms with Gasteiger partial charge >= 0.3 is 0 Å². The highest BCUT2D eigenvalue weighted by Crippen LogP contribution is 2.39. The van der Waals surface area contributed by atoms with Gasteiger partial charge in [0.2, 0.25) is 0 Å². The van der Waals surface area contributed by atoms with Crippen LogP contribution >= 0.6 is 0 Å². The normalized spacial score (nSPS) is 11.5. The quantitative estimate of drug-likeness (QED) is 0.287. The van der Waals surface area contributed by atoms with Crippen molar-refractivity contribution >= 4 is 32.7 Å². The Bertz CT molecular complexity index is 1780. The molecule has 0 saturated carbocycles. The van der Waals surface area contributed by atoms with Crippen molar-refractivity contribution < 1.29 is 0 Å². The minimum Gasteiger partial charge on any atom is -0.361 e. The van der Waals surface area contributed by atoms with Crippen molar-refractivity contribution in [1.82, 2.24) is 9.55 Å². The second-order valence-electron chi connectivity index (χ2n) is 8.71. The highest BCUT2D eigenvalue weighted by atomic mass is 15.0. The van der Waals surface area contributed by atoms with Crippen molar-refractivity contribution in [2.45, 2.75) is 0 Å². The monoisotopic (exact) mass is 434 g/mol. The van der Waals surface area contributed by atoms with Crippen LogP contribution in [0.4, 0.5) is 0 Å². The van der Waals surface area contributed by atoms with Crippen LogP contribution in [0.25, 0.3) is 60.6 Å². The third-order valence-corrected chi connectivity index (χ3v) is 6.81. The number of hydrogen-bond acceptors (Lipinski definition) is 0. The largest absolute Gasteiger partial charge is 0.361 e. The SMILES string of the molecule is c1ccc(-n2c3ccccc3c3c(-c4ccc(-c5c[nH]c6ccccc56)cc4)cccc32)cc1. The van der Waals surface area contributed by atoms with E-state index >= 15 is 0 Å². The molecule has 0 aliphatic heterocycles. The van der Waals surface area contributed by atoms with E-state index in [4.69, 9.17) is 0 Å². The first-order valence-corrected chi connectivity index (χ1v) is 11.6. The number of aromatic nitrogens is 2. The van der Waals surface area contributed by atoms with E-state index in [9.17, 15) is 0 Å². The lowest BCUT2D eigenvalue weighted by Gasteiger charge is -2.09. The average molecular weight is 435 g/mol. The van der Waals surface area contributed by atoms with Gasteiger partial charge in [-0.3, -0.25) is 0 Å². The van der Waals surface area contributed by atoms with Crippen molar-refractivity contribution in [1.29, 1.82) is 0 Å². The van der Waals surface area contributed by atoms with Crippen molar-refractivity contribution in [3.63, 3.8) is 0 Å². The molecule has 2 nitrogen and oxygen atoms in total. The van der Waals surface area contributed by atoms with Crippen molar-refractivity contribution in [2.24, 2.45) is 0 Å². The molecular weight excluding hydrogens is 412 g/mol. The van der Waals surface area contributed by atoms with Gasteiger partial charge in [0.25, 0.3) is 0 Å². The third-order valence-electron chi connectivity index (χ3n) is 6.81. The number of fused-ring (bicyclic) bond motifs is 4. The maximum atomic E-state index is 3.39. The van der Waals surface area contributed by atoms with Gasteiger partial charge < -0.3 is 9.55 Å². The topological polar surface area (TPSA) is 20.7 Å². The molecule has 0 spiro atoms. The number of nitrogens with one attached hydrogen (secondary N) is 1. The van der Waals surface area contributed by atoms with Crippen molar-refractivity contribution in [2.75, 3.05) is 0 Å². The summed E-state index contributed by atoms with van der Waals surface area (Å²) in [6.07, 6.45) is 2.11. The van der Waals surface area contributed by atoms with Crippen molar-refractivity contribution in [3.8, 4) is 27.9 Å². The van der Waals surface area contributed by atoms with Crippen LogP contribution < -0.4 is 0 Å². The molecule has 0 unspecified atom stereocenters. The highest BCUT2D eigenvalue weighted by molar-refractivity contribution is 6.15. The fourth-order valence-electron chi connectivity index (χ4n) is 5.25. The molecule has 0 bridgehead atoms.